The predicted octanol–water partition coefficient (Wildman–Crippen LogP) is 3.36. The Morgan fingerprint density at radius 2 is 2.06 bits per heavy atom. The van der Waals surface area contributed by atoms with Gasteiger partial charge in [0.1, 0.15) is 11.3 Å². The third-order valence-electron chi connectivity index (χ3n) is 2.87. The smallest absolute Gasteiger partial charge is 0.342 e. The van der Waals surface area contributed by atoms with Gasteiger partial charge in [-0.2, -0.15) is 0 Å². The zero-order valence-electron chi connectivity index (χ0n) is 11.0. The third-order valence-corrected chi connectivity index (χ3v) is 3.13. The molecule has 0 aliphatic heterocycles. The number of alkyl halides is 1. The molecule has 100 valence electrons. The van der Waals surface area contributed by atoms with E-state index < -0.39 is 5.97 Å². The van der Waals surface area contributed by atoms with Gasteiger partial charge in [0.2, 0.25) is 0 Å². The van der Waals surface area contributed by atoms with Crippen LogP contribution in [-0.2, 0) is 11.2 Å². The number of carbonyl (C=O) groups excluding carboxylic acids is 1. The molecule has 0 aliphatic rings. The Kier molecular flexibility index (Phi) is 5.48. The maximum atomic E-state index is 11.8. The van der Waals surface area contributed by atoms with Gasteiger partial charge in [-0.3, -0.25) is 0 Å². The SMILES string of the molecule is CCOC(=O)c1c(C)cc(C)c(CCCCl)c1O. The van der Waals surface area contributed by atoms with E-state index in [1.54, 1.807) is 13.8 Å². The average molecular weight is 271 g/mol. The number of phenols is 1. The summed E-state index contributed by atoms with van der Waals surface area (Å²) in [6.07, 6.45) is 1.43. The lowest BCUT2D eigenvalue weighted by Crippen LogP contribution is -2.09. The highest BCUT2D eigenvalue weighted by atomic mass is 35.5. The van der Waals surface area contributed by atoms with E-state index in [4.69, 9.17) is 16.3 Å². The molecule has 0 spiro atoms. The molecule has 0 heterocycles. The van der Waals surface area contributed by atoms with Gasteiger partial charge < -0.3 is 9.84 Å². The van der Waals surface area contributed by atoms with E-state index in [1.165, 1.54) is 0 Å². The van der Waals surface area contributed by atoms with Crippen molar-refractivity contribution in [2.45, 2.75) is 33.6 Å². The molecule has 0 fully saturated rings. The van der Waals surface area contributed by atoms with Crippen molar-refractivity contribution in [3.8, 4) is 5.75 Å². The van der Waals surface area contributed by atoms with Gasteiger partial charge in [0.15, 0.2) is 0 Å². The highest BCUT2D eigenvalue weighted by Crippen LogP contribution is 2.30. The first kappa shape index (κ1) is 14.8. The molecule has 0 amide bonds. The Hall–Kier alpha value is -1.22. The van der Waals surface area contributed by atoms with Crippen LogP contribution in [0.2, 0.25) is 0 Å². The number of aryl methyl sites for hydroxylation is 2. The van der Waals surface area contributed by atoms with Crippen LogP contribution in [0.3, 0.4) is 0 Å². The first-order valence-electron chi connectivity index (χ1n) is 6.08. The topological polar surface area (TPSA) is 46.5 Å². The Labute approximate surface area is 113 Å². The minimum absolute atomic E-state index is 0.0380. The molecule has 1 N–H and O–H groups in total. The normalized spacial score (nSPS) is 10.4. The highest BCUT2D eigenvalue weighted by Gasteiger charge is 2.20. The number of rotatable bonds is 5. The van der Waals surface area contributed by atoms with Crippen LogP contribution in [0.5, 0.6) is 5.75 Å². The van der Waals surface area contributed by atoms with Crippen LogP contribution in [0.15, 0.2) is 6.07 Å². The number of ether oxygens (including phenoxy) is 1. The van der Waals surface area contributed by atoms with Crippen molar-refractivity contribution in [2.24, 2.45) is 0 Å². The maximum absolute atomic E-state index is 11.8. The summed E-state index contributed by atoms with van der Waals surface area (Å²) >= 11 is 5.67. The largest absolute Gasteiger partial charge is 0.507 e. The average Bonchev–Trinajstić information content (AvgIpc) is 2.28. The first-order valence-corrected chi connectivity index (χ1v) is 6.61. The minimum atomic E-state index is -0.473. The molecule has 0 atom stereocenters. The van der Waals surface area contributed by atoms with Crippen molar-refractivity contribution in [1.82, 2.24) is 0 Å². The molecule has 1 aromatic carbocycles. The zero-order valence-corrected chi connectivity index (χ0v) is 11.8. The number of benzene rings is 1. The Morgan fingerprint density at radius 1 is 1.39 bits per heavy atom. The second-order valence-electron chi connectivity index (χ2n) is 4.23. The highest BCUT2D eigenvalue weighted by molar-refractivity contribution is 6.17. The Morgan fingerprint density at radius 3 is 2.61 bits per heavy atom. The van der Waals surface area contributed by atoms with E-state index in [1.807, 2.05) is 13.0 Å². The second-order valence-corrected chi connectivity index (χ2v) is 4.60. The molecule has 0 aliphatic carbocycles. The van der Waals surface area contributed by atoms with Gasteiger partial charge in [0.25, 0.3) is 0 Å². The quantitative estimate of drug-likeness (QED) is 0.659. The van der Waals surface area contributed by atoms with E-state index in [0.717, 1.165) is 23.1 Å². The zero-order chi connectivity index (χ0) is 13.7. The van der Waals surface area contributed by atoms with Crippen LogP contribution < -0.4 is 0 Å². The molecule has 0 bridgehead atoms. The van der Waals surface area contributed by atoms with Crippen LogP contribution in [0, 0.1) is 13.8 Å². The molecule has 3 nitrogen and oxygen atoms in total. The van der Waals surface area contributed by atoms with Crippen molar-refractivity contribution >= 4 is 17.6 Å². The van der Waals surface area contributed by atoms with Crippen LogP contribution in [-0.4, -0.2) is 23.6 Å². The van der Waals surface area contributed by atoms with Crippen LogP contribution in [0.4, 0.5) is 0 Å². The van der Waals surface area contributed by atoms with E-state index in [2.05, 4.69) is 0 Å². The van der Waals surface area contributed by atoms with Crippen LogP contribution in [0.25, 0.3) is 0 Å². The maximum Gasteiger partial charge on any atom is 0.342 e. The molecule has 0 unspecified atom stereocenters. The van der Waals surface area contributed by atoms with Gasteiger partial charge in [-0.25, -0.2) is 4.79 Å². The summed E-state index contributed by atoms with van der Waals surface area (Å²) < 4.78 is 4.96. The van der Waals surface area contributed by atoms with Crippen molar-refractivity contribution < 1.29 is 14.6 Å². The number of hydrogen-bond donors (Lipinski definition) is 1. The van der Waals surface area contributed by atoms with Crippen LogP contribution in [0.1, 0.15) is 40.4 Å². The summed E-state index contributed by atoms with van der Waals surface area (Å²) in [5.41, 5.74) is 2.76. The molecule has 0 radical (unpaired) electrons. The Balaban J connectivity index is 3.21. The molecule has 0 saturated heterocycles. The summed E-state index contributed by atoms with van der Waals surface area (Å²) in [5.74, 6) is 0.0947. The van der Waals surface area contributed by atoms with E-state index in [0.29, 0.717) is 18.9 Å². The molecular weight excluding hydrogens is 252 g/mol. The second kappa shape index (κ2) is 6.64. The van der Waals surface area contributed by atoms with E-state index in [9.17, 15) is 9.90 Å². The number of halogens is 1. The lowest BCUT2D eigenvalue weighted by atomic mass is 9.95. The Bertz CT molecular complexity index is 441. The van der Waals surface area contributed by atoms with Crippen LogP contribution >= 0.6 is 11.6 Å². The monoisotopic (exact) mass is 270 g/mol. The van der Waals surface area contributed by atoms with Crippen molar-refractivity contribution in [1.29, 1.82) is 0 Å². The van der Waals surface area contributed by atoms with Gasteiger partial charge in [-0.15, -0.1) is 11.6 Å². The fraction of sp³-hybridized carbons (Fsp3) is 0.500. The summed E-state index contributed by atoms with van der Waals surface area (Å²) in [6, 6.07) is 1.90. The summed E-state index contributed by atoms with van der Waals surface area (Å²) in [7, 11) is 0. The first-order chi connectivity index (χ1) is 8.52. The van der Waals surface area contributed by atoms with Crippen molar-refractivity contribution in [3.05, 3.63) is 28.3 Å². The fourth-order valence-corrected chi connectivity index (χ4v) is 2.16. The summed E-state index contributed by atoms with van der Waals surface area (Å²) in [6.45, 7) is 5.75. The fourth-order valence-electron chi connectivity index (χ4n) is 2.03. The molecule has 4 heteroatoms. The van der Waals surface area contributed by atoms with Crippen molar-refractivity contribution in [2.75, 3.05) is 12.5 Å². The van der Waals surface area contributed by atoms with E-state index >= 15 is 0 Å². The van der Waals surface area contributed by atoms with Gasteiger partial charge in [-0.1, -0.05) is 6.07 Å². The van der Waals surface area contributed by atoms with Crippen molar-refractivity contribution in [3.63, 3.8) is 0 Å². The molecule has 1 aromatic rings. The molecule has 18 heavy (non-hydrogen) atoms. The van der Waals surface area contributed by atoms with Gasteiger partial charge in [0, 0.05) is 5.88 Å². The number of esters is 1. The van der Waals surface area contributed by atoms with Gasteiger partial charge >= 0.3 is 5.97 Å². The minimum Gasteiger partial charge on any atom is -0.507 e. The summed E-state index contributed by atoms with van der Waals surface area (Å²) in [5, 5.41) is 10.2. The van der Waals surface area contributed by atoms with E-state index in [-0.39, 0.29) is 11.3 Å². The number of hydrogen-bond acceptors (Lipinski definition) is 3. The molecular formula is C14H19ClO3. The molecule has 1 rings (SSSR count). The molecule has 0 aromatic heterocycles. The van der Waals surface area contributed by atoms with Gasteiger partial charge in [-0.05, 0) is 50.3 Å². The molecule has 0 saturated carbocycles. The van der Waals surface area contributed by atoms with Gasteiger partial charge in [0.05, 0.1) is 6.61 Å². The number of phenolic OH excluding ortho intramolecular Hbond substituents is 1. The standard InChI is InChI=1S/C14H19ClO3/c1-4-18-14(17)12-10(3)8-9(2)11(13(12)16)6-5-7-15/h8,16H,4-7H2,1-3H3. The summed E-state index contributed by atoms with van der Waals surface area (Å²) in [4.78, 5) is 11.8. The lowest BCUT2D eigenvalue weighted by molar-refractivity contribution is 0.0522. The third kappa shape index (κ3) is 3.16. The number of carbonyl (C=O) groups is 1. The number of aromatic hydroxyl groups is 1. The predicted molar refractivity (Wildman–Crippen MR) is 72.6 cm³/mol. The lowest BCUT2D eigenvalue weighted by Gasteiger charge is -2.14.